The molecular formula is C23H19FN4O3. The van der Waals surface area contributed by atoms with Gasteiger partial charge in [0.15, 0.2) is 11.3 Å². The number of aryl methyl sites for hydroxylation is 1. The third kappa shape index (κ3) is 3.68. The number of carbonyl (C=O) groups excluding carboxylic acids is 2. The fraction of sp³-hybridized carbons (Fsp3) is 0.174. The van der Waals surface area contributed by atoms with Gasteiger partial charge < -0.3 is 10.6 Å². The van der Waals surface area contributed by atoms with Crippen molar-refractivity contribution in [3.05, 3.63) is 71.3 Å². The minimum Gasteiger partial charge on any atom is -0.381 e. The van der Waals surface area contributed by atoms with Gasteiger partial charge in [-0.2, -0.15) is 0 Å². The molecular weight excluding hydrogens is 399 g/mol. The van der Waals surface area contributed by atoms with Crippen molar-refractivity contribution in [2.75, 3.05) is 0 Å². The molecule has 0 aliphatic carbocycles. The van der Waals surface area contributed by atoms with Crippen LogP contribution in [-0.4, -0.2) is 33.0 Å². The van der Waals surface area contributed by atoms with Gasteiger partial charge in [-0.15, -0.1) is 0 Å². The van der Waals surface area contributed by atoms with Gasteiger partial charge in [0.25, 0.3) is 5.91 Å². The van der Waals surface area contributed by atoms with Crippen LogP contribution in [0.25, 0.3) is 22.5 Å². The zero-order valence-electron chi connectivity index (χ0n) is 17.1. The Bertz CT molecular complexity index is 1250. The highest BCUT2D eigenvalue weighted by atomic mass is 19.1. The summed E-state index contributed by atoms with van der Waals surface area (Å²) >= 11 is 0. The van der Waals surface area contributed by atoms with E-state index in [2.05, 4.69) is 15.1 Å². The van der Waals surface area contributed by atoms with Crippen molar-refractivity contribution < 1.29 is 18.8 Å². The molecule has 2 heterocycles. The maximum atomic E-state index is 13.7. The van der Waals surface area contributed by atoms with E-state index >= 15 is 0 Å². The van der Waals surface area contributed by atoms with E-state index in [0.29, 0.717) is 22.5 Å². The molecule has 4 rings (SSSR count). The number of oxime groups is 1. The second-order valence-electron chi connectivity index (χ2n) is 7.75. The van der Waals surface area contributed by atoms with Crippen LogP contribution in [0.4, 0.5) is 4.39 Å². The number of primary amides is 1. The summed E-state index contributed by atoms with van der Waals surface area (Å²) < 4.78 is 13.7. The first-order valence-corrected chi connectivity index (χ1v) is 9.51. The molecule has 0 saturated heterocycles. The summed E-state index contributed by atoms with van der Waals surface area (Å²) in [6, 6.07) is 9.53. The predicted molar refractivity (Wildman–Crippen MR) is 113 cm³/mol. The lowest BCUT2D eigenvalue weighted by atomic mass is 9.93. The molecule has 0 spiro atoms. The Morgan fingerprint density at radius 2 is 1.71 bits per heavy atom. The summed E-state index contributed by atoms with van der Waals surface area (Å²) in [6.07, 6.45) is 3.11. The monoisotopic (exact) mass is 418 g/mol. The molecule has 1 aliphatic rings. The van der Waals surface area contributed by atoms with Gasteiger partial charge in [0.05, 0.1) is 29.3 Å². The molecule has 0 unspecified atom stereocenters. The Kier molecular flexibility index (Phi) is 4.85. The van der Waals surface area contributed by atoms with E-state index in [4.69, 9.17) is 10.6 Å². The number of rotatable bonds is 4. The van der Waals surface area contributed by atoms with E-state index < -0.39 is 17.3 Å². The predicted octanol–water partition coefficient (Wildman–Crippen LogP) is 3.44. The molecule has 0 radical (unpaired) electrons. The summed E-state index contributed by atoms with van der Waals surface area (Å²) in [4.78, 5) is 38.0. The molecule has 3 aromatic rings. The minimum absolute atomic E-state index is 0.190. The Morgan fingerprint density at radius 1 is 1.03 bits per heavy atom. The van der Waals surface area contributed by atoms with Gasteiger partial charge in [0.1, 0.15) is 5.82 Å². The van der Waals surface area contributed by atoms with Gasteiger partial charge >= 0.3 is 0 Å². The number of hydrogen-bond acceptors (Lipinski definition) is 6. The number of aromatic nitrogens is 2. The lowest BCUT2D eigenvalue weighted by Gasteiger charge is -2.12. The molecule has 2 aromatic carbocycles. The van der Waals surface area contributed by atoms with Gasteiger partial charge in [-0.1, -0.05) is 17.3 Å². The summed E-state index contributed by atoms with van der Waals surface area (Å²) in [5, 5.41) is 3.95. The molecule has 156 valence electrons. The largest absolute Gasteiger partial charge is 0.381 e. The minimum atomic E-state index is -0.985. The number of amides is 1. The number of halogens is 1. The van der Waals surface area contributed by atoms with Crippen LogP contribution in [0.15, 0.2) is 53.9 Å². The SMILES string of the molecule is Cc1ccc(C2=NOC(C)(C)C2=O)cc1-c1cnc(-c2ccc(F)c(C(N)=O)c2)cn1. The van der Waals surface area contributed by atoms with Crippen LogP contribution < -0.4 is 5.73 Å². The second-order valence-corrected chi connectivity index (χ2v) is 7.75. The molecule has 8 heteroatoms. The first-order chi connectivity index (χ1) is 14.7. The molecule has 7 nitrogen and oxygen atoms in total. The van der Waals surface area contributed by atoms with Crippen molar-refractivity contribution in [1.82, 2.24) is 9.97 Å². The van der Waals surface area contributed by atoms with E-state index in [-0.39, 0.29) is 17.1 Å². The van der Waals surface area contributed by atoms with Crippen LogP contribution in [-0.2, 0) is 9.63 Å². The molecule has 1 amide bonds. The van der Waals surface area contributed by atoms with Crippen molar-refractivity contribution in [2.45, 2.75) is 26.4 Å². The Balaban J connectivity index is 1.68. The number of hydrogen-bond donors (Lipinski definition) is 1. The van der Waals surface area contributed by atoms with Crippen molar-refractivity contribution in [2.24, 2.45) is 10.9 Å². The molecule has 0 saturated carbocycles. The van der Waals surface area contributed by atoms with Crippen molar-refractivity contribution in [1.29, 1.82) is 0 Å². The van der Waals surface area contributed by atoms with E-state index in [0.717, 1.165) is 11.1 Å². The van der Waals surface area contributed by atoms with Crippen LogP contribution in [0, 0.1) is 12.7 Å². The fourth-order valence-electron chi connectivity index (χ4n) is 3.25. The summed E-state index contributed by atoms with van der Waals surface area (Å²) in [7, 11) is 0. The number of benzene rings is 2. The Labute approximate surface area is 177 Å². The highest BCUT2D eigenvalue weighted by molar-refractivity contribution is 6.49. The average molecular weight is 418 g/mol. The van der Waals surface area contributed by atoms with Crippen LogP contribution in [0.1, 0.15) is 35.3 Å². The van der Waals surface area contributed by atoms with Gasteiger partial charge in [-0.25, -0.2) is 4.39 Å². The number of nitrogens with two attached hydrogens (primary N) is 1. The maximum Gasteiger partial charge on any atom is 0.251 e. The van der Waals surface area contributed by atoms with Crippen molar-refractivity contribution in [3.63, 3.8) is 0 Å². The first kappa shape index (κ1) is 20.3. The Hall–Kier alpha value is -3.94. The molecule has 0 fully saturated rings. The maximum absolute atomic E-state index is 13.7. The smallest absolute Gasteiger partial charge is 0.251 e. The number of carbonyl (C=O) groups is 2. The van der Waals surface area contributed by atoms with Crippen LogP contribution >= 0.6 is 0 Å². The summed E-state index contributed by atoms with van der Waals surface area (Å²) in [6.45, 7) is 5.26. The standard InChI is InChI=1S/C23H19FN4O3/c1-12-4-5-14(20-21(29)23(2,3)31-28-20)9-15(12)19-11-26-18(10-27-19)13-6-7-17(24)16(8-13)22(25)30/h4-11H,1-3H3,(H2,25,30). The van der Waals surface area contributed by atoms with E-state index in [1.54, 1.807) is 20.0 Å². The van der Waals surface area contributed by atoms with Gasteiger partial charge in [-0.3, -0.25) is 19.6 Å². The first-order valence-electron chi connectivity index (χ1n) is 9.51. The molecule has 2 N–H and O–H groups in total. The Morgan fingerprint density at radius 3 is 2.32 bits per heavy atom. The van der Waals surface area contributed by atoms with E-state index in [1.165, 1.54) is 24.4 Å². The van der Waals surface area contributed by atoms with E-state index in [1.807, 2.05) is 25.1 Å². The lowest BCUT2D eigenvalue weighted by Crippen LogP contribution is -2.33. The number of Topliss-reactive ketones (excluding diaryl/α,β-unsaturated/α-hetero) is 1. The highest BCUT2D eigenvalue weighted by Crippen LogP contribution is 2.28. The van der Waals surface area contributed by atoms with Gasteiger partial charge in [-0.05, 0) is 50.6 Å². The fourth-order valence-corrected chi connectivity index (χ4v) is 3.25. The van der Waals surface area contributed by atoms with Crippen LogP contribution in [0.5, 0.6) is 0 Å². The van der Waals surface area contributed by atoms with Gasteiger partial charge in [0.2, 0.25) is 5.78 Å². The van der Waals surface area contributed by atoms with E-state index in [9.17, 15) is 14.0 Å². The number of ketones is 1. The second kappa shape index (κ2) is 7.39. The molecule has 1 aliphatic heterocycles. The zero-order chi connectivity index (χ0) is 22.3. The quantitative estimate of drug-likeness (QED) is 0.698. The van der Waals surface area contributed by atoms with Gasteiger partial charge in [0, 0.05) is 16.7 Å². The zero-order valence-corrected chi connectivity index (χ0v) is 17.1. The summed E-state index contributed by atoms with van der Waals surface area (Å²) in [5.41, 5.74) is 8.21. The topological polar surface area (TPSA) is 108 Å². The molecule has 31 heavy (non-hydrogen) atoms. The number of nitrogens with zero attached hydrogens (tertiary/aromatic N) is 3. The molecule has 0 bridgehead atoms. The molecule has 0 atom stereocenters. The lowest BCUT2D eigenvalue weighted by molar-refractivity contribution is -0.128. The third-order valence-corrected chi connectivity index (χ3v) is 5.09. The third-order valence-electron chi connectivity index (χ3n) is 5.09. The van der Waals surface area contributed by atoms with Crippen molar-refractivity contribution >= 4 is 17.4 Å². The average Bonchev–Trinajstić information content (AvgIpc) is 3.01. The highest BCUT2D eigenvalue weighted by Gasteiger charge is 2.40. The van der Waals surface area contributed by atoms with Crippen molar-refractivity contribution in [3.8, 4) is 22.5 Å². The molecule has 1 aromatic heterocycles. The normalized spacial score (nSPS) is 14.8. The van der Waals surface area contributed by atoms with Crippen LogP contribution in [0.2, 0.25) is 0 Å². The van der Waals surface area contributed by atoms with Crippen LogP contribution in [0.3, 0.4) is 0 Å². The summed E-state index contributed by atoms with van der Waals surface area (Å²) in [5.74, 6) is -1.73.